The summed E-state index contributed by atoms with van der Waals surface area (Å²) >= 11 is 0. The minimum Gasteiger partial charge on any atom is -0.392 e. The van der Waals surface area contributed by atoms with Crippen LogP contribution in [-0.2, 0) is 0 Å². The summed E-state index contributed by atoms with van der Waals surface area (Å²) in [4.78, 5) is 4.05. The van der Waals surface area contributed by atoms with E-state index in [0.29, 0.717) is 11.4 Å². The molecule has 0 saturated carbocycles. The molecule has 0 aliphatic carbocycles. The Morgan fingerprint density at radius 3 is 3.00 bits per heavy atom. The van der Waals surface area contributed by atoms with Gasteiger partial charge >= 0.3 is 0 Å². The zero-order chi connectivity index (χ0) is 11.4. The van der Waals surface area contributed by atoms with E-state index in [2.05, 4.69) is 10.1 Å². The highest BCUT2D eigenvalue weighted by Gasteiger charge is 2.10. The first-order valence-corrected chi connectivity index (χ1v) is 4.66. The third-order valence-corrected chi connectivity index (χ3v) is 1.94. The molecule has 0 bridgehead atoms. The molecule has 5 heteroatoms. The van der Waals surface area contributed by atoms with Crippen molar-refractivity contribution in [2.75, 3.05) is 6.61 Å². The van der Waals surface area contributed by atoms with E-state index in [0.717, 1.165) is 6.08 Å². The van der Waals surface area contributed by atoms with Crippen LogP contribution in [0.5, 0.6) is 0 Å². The van der Waals surface area contributed by atoms with Crippen molar-refractivity contribution in [3.05, 3.63) is 42.3 Å². The highest BCUT2D eigenvalue weighted by atomic mass is 19.1. The number of halogens is 1. The van der Waals surface area contributed by atoms with Crippen molar-refractivity contribution < 1.29 is 14.0 Å². The lowest BCUT2D eigenvalue weighted by Crippen LogP contribution is -1.80. The Balaban J connectivity index is 2.30. The maximum Gasteiger partial charge on any atom is 0.195 e. The van der Waals surface area contributed by atoms with E-state index in [9.17, 15) is 4.39 Å². The van der Waals surface area contributed by atoms with Crippen molar-refractivity contribution in [2.45, 2.75) is 0 Å². The lowest BCUT2D eigenvalue weighted by atomic mass is 10.2. The van der Waals surface area contributed by atoms with E-state index in [1.54, 1.807) is 24.4 Å². The Kier molecular flexibility index (Phi) is 3.07. The van der Waals surface area contributed by atoms with Gasteiger partial charge in [-0.3, -0.25) is 4.98 Å². The molecule has 82 valence electrons. The van der Waals surface area contributed by atoms with E-state index in [1.165, 1.54) is 6.07 Å². The Bertz CT molecular complexity index is 494. The third-order valence-electron chi connectivity index (χ3n) is 1.94. The Hall–Kier alpha value is -2.01. The van der Waals surface area contributed by atoms with Crippen molar-refractivity contribution >= 4 is 5.83 Å². The van der Waals surface area contributed by atoms with Gasteiger partial charge in [-0.25, -0.2) is 4.39 Å². The first-order chi connectivity index (χ1) is 7.81. The maximum absolute atomic E-state index is 13.2. The lowest BCUT2D eigenvalue weighted by Gasteiger charge is -1.90. The smallest absolute Gasteiger partial charge is 0.195 e. The van der Waals surface area contributed by atoms with Gasteiger partial charge in [-0.1, -0.05) is 11.2 Å². The topological polar surface area (TPSA) is 59.2 Å². The molecule has 2 rings (SSSR count). The number of pyridine rings is 1. The number of aromatic nitrogens is 2. The Labute approximate surface area is 91.0 Å². The highest BCUT2D eigenvalue weighted by Crippen LogP contribution is 2.21. The molecule has 2 heterocycles. The Morgan fingerprint density at radius 2 is 2.31 bits per heavy atom. The van der Waals surface area contributed by atoms with Gasteiger partial charge in [0.25, 0.3) is 0 Å². The minimum absolute atomic E-state index is 0.0188. The Morgan fingerprint density at radius 1 is 1.44 bits per heavy atom. The number of aliphatic hydroxyl groups excluding tert-OH is 1. The number of nitrogens with zero attached hydrogens (tertiary/aromatic N) is 2. The number of hydrogen-bond donors (Lipinski definition) is 1. The molecule has 2 aromatic heterocycles. The van der Waals surface area contributed by atoms with Crippen LogP contribution in [0.2, 0.25) is 0 Å². The van der Waals surface area contributed by atoms with E-state index in [1.807, 2.05) is 0 Å². The monoisotopic (exact) mass is 220 g/mol. The first kappa shape index (κ1) is 10.5. The van der Waals surface area contributed by atoms with Crippen LogP contribution in [0.4, 0.5) is 4.39 Å². The largest absolute Gasteiger partial charge is 0.392 e. The lowest BCUT2D eigenvalue weighted by molar-refractivity contribution is 0.340. The normalized spacial score (nSPS) is 11.8. The number of aliphatic hydroxyl groups is 1. The minimum atomic E-state index is -0.641. The fourth-order valence-corrected chi connectivity index (χ4v) is 1.20. The van der Waals surface area contributed by atoms with Gasteiger partial charge in [0.2, 0.25) is 0 Å². The van der Waals surface area contributed by atoms with Gasteiger partial charge < -0.3 is 9.63 Å². The fourth-order valence-electron chi connectivity index (χ4n) is 1.20. The van der Waals surface area contributed by atoms with Crippen molar-refractivity contribution in [1.29, 1.82) is 0 Å². The summed E-state index contributed by atoms with van der Waals surface area (Å²) in [6.45, 7) is -0.383. The molecule has 0 aromatic carbocycles. The van der Waals surface area contributed by atoms with E-state index in [4.69, 9.17) is 9.63 Å². The SMILES string of the molecule is OC/C=C(\F)c1cc(-c2ccccn2)no1. The number of rotatable bonds is 3. The second-order valence-electron chi connectivity index (χ2n) is 3.03. The van der Waals surface area contributed by atoms with Crippen LogP contribution in [-0.4, -0.2) is 21.9 Å². The van der Waals surface area contributed by atoms with E-state index >= 15 is 0 Å². The third kappa shape index (κ3) is 2.14. The van der Waals surface area contributed by atoms with Crippen molar-refractivity contribution in [1.82, 2.24) is 10.1 Å². The standard InChI is InChI=1S/C11H9FN2O2/c12-8(4-6-15)11-7-10(14-16-11)9-3-1-2-5-13-9/h1-5,7,15H,6H2/b8-4-. The molecule has 16 heavy (non-hydrogen) atoms. The van der Waals surface area contributed by atoms with Crippen LogP contribution < -0.4 is 0 Å². The second-order valence-corrected chi connectivity index (χ2v) is 3.03. The van der Waals surface area contributed by atoms with Gasteiger partial charge in [-0.15, -0.1) is 0 Å². The molecular formula is C11H9FN2O2. The molecule has 0 aliphatic heterocycles. The maximum atomic E-state index is 13.2. The van der Waals surface area contributed by atoms with Crippen molar-refractivity contribution in [2.24, 2.45) is 0 Å². The molecule has 0 unspecified atom stereocenters. The average Bonchev–Trinajstić information content (AvgIpc) is 2.80. The van der Waals surface area contributed by atoms with Gasteiger partial charge in [0.1, 0.15) is 5.69 Å². The summed E-state index contributed by atoms with van der Waals surface area (Å²) in [5, 5.41) is 12.2. The predicted molar refractivity (Wildman–Crippen MR) is 55.9 cm³/mol. The van der Waals surface area contributed by atoms with Crippen LogP contribution in [0, 0.1) is 0 Å². The van der Waals surface area contributed by atoms with Crippen LogP contribution in [0.1, 0.15) is 5.76 Å². The summed E-state index contributed by atoms with van der Waals surface area (Å²) in [7, 11) is 0. The molecule has 4 nitrogen and oxygen atoms in total. The van der Waals surface area contributed by atoms with Gasteiger partial charge in [0.05, 0.1) is 12.3 Å². The number of hydrogen-bond acceptors (Lipinski definition) is 4. The van der Waals surface area contributed by atoms with E-state index in [-0.39, 0.29) is 12.4 Å². The van der Waals surface area contributed by atoms with Gasteiger partial charge in [-0.05, 0) is 18.2 Å². The summed E-state index contributed by atoms with van der Waals surface area (Å²) in [5.74, 6) is -0.660. The average molecular weight is 220 g/mol. The van der Waals surface area contributed by atoms with Crippen LogP contribution in [0.3, 0.4) is 0 Å². The second kappa shape index (κ2) is 4.67. The van der Waals surface area contributed by atoms with Crippen molar-refractivity contribution in [3.63, 3.8) is 0 Å². The van der Waals surface area contributed by atoms with Gasteiger partial charge in [-0.2, -0.15) is 0 Å². The quantitative estimate of drug-likeness (QED) is 0.859. The molecule has 1 N–H and O–H groups in total. The van der Waals surface area contributed by atoms with Crippen LogP contribution in [0.15, 0.2) is 41.1 Å². The molecule has 0 fully saturated rings. The molecular weight excluding hydrogens is 211 g/mol. The summed E-state index contributed by atoms with van der Waals surface area (Å²) < 4.78 is 18.0. The fraction of sp³-hybridized carbons (Fsp3) is 0.0909. The molecule has 0 aliphatic rings. The zero-order valence-corrected chi connectivity index (χ0v) is 8.30. The summed E-state index contributed by atoms with van der Waals surface area (Å²) in [6.07, 6.45) is 2.62. The highest BCUT2D eigenvalue weighted by molar-refractivity contribution is 5.61. The zero-order valence-electron chi connectivity index (χ0n) is 8.30. The van der Waals surface area contributed by atoms with Crippen LogP contribution in [0.25, 0.3) is 17.2 Å². The summed E-state index contributed by atoms with van der Waals surface area (Å²) in [6, 6.07) is 6.76. The summed E-state index contributed by atoms with van der Waals surface area (Å²) in [5.41, 5.74) is 1.06. The predicted octanol–water partition coefficient (Wildman–Crippen LogP) is 2.04. The molecule has 0 amide bonds. The van der Waals surface area contributed by atoms with Gasteiger partial charge in [0.15, 0.2) is 11.6 Å². The van der Waals surface area contributed by atoms with Gasteiger partial charge in [0, 0.05) is 12.3 Å². The molecule has 2 aromatic rings. The molecule has 0 saturated heterocycles. The molecule has 0 spiro atoms. The first-order valence-electron chi connectivity index (χ1n) is 4.66. The van der Waals surface area contributed by atoms with Crippen LogP contribution >= 0.6 is 0 Å². The van der Waals surface area contributed by atoms with Crippen molar-refractivity contribution in [3.8, 4) is 11.4 Å². The molecule has 0 atom stereocenters. The molecule has 0 radical (unpaired) electrons. The van der Waals surface area contributed by atoms with E-state index < -0.39 is 5.83 Å².